The minimum atomic E-state index is -1.12. The molecule has 0 saturated carbocycles. The van der Waals surface area contributed by atoms with Crippen LogP contribution in [-0.4, -0.2) is 59.4 Å². The lowest BCUT2D eigenvalue weighted by Gasteiger charge is -2.43. The number of carboxylic acids is 1. The van der Waals surface area contributed by atoms with Gasteiger partial charge in [-0.3, -0.25) is 13.9 Å². The van der Waals surface area contributed by atoms with Crippen LogP contribution in [-0.2, 0) is 20.4 Å². The molecule has 0 aromatic carbocycles. The highest BCUT2D eigenvalue weighted by molar-refractivity contribution is 8.23. The van der Waals surface area contributed by atoms with E-state index in [2.05, 4.69) is 0 Å². The van der Waals surface area contributed by atoms with Crippen LogP contribution in [0.2, 0.25) is 0 Å². The highest BCUT2D eigenvalue weighted by atomic mass is 32.2. The third-order valence-electron chi connectivity index (χ3n) is 3.78. The Bertz CT molecular complexity index is 561. The van der Waals surface area contributed by atoms with E-state index in [9.17, 15) is 24.0 Å². The number of carboxylic acid groups (broad SMARTS) is 1. The molecule has 21 heavy (non-hydrogen) atoms. The smallest absolute Gasteiger partial charge is 0.354 e. The standard InChI is InChI=1S/C12H15NO5S3/c1-5(14)7-9(15)13-8(11(16)17)12(20-10(7)13)19-6-2-3-21(18)4-6/h5-7,10,14H,2-4H2,1H3,(H,16,17)/t5-,6+,7-,10-,21?/m1/s1. The van der Waals surface area contributed by atoms with Gasteiger partial charge in [0.25, 0.3) is 0 Å². The number of carbonyl (C=O) groups excluding carboxylic acids is 1. The predicted molar refractivity (Wildman–Crippen MR) is 81.9 cm³/mol. The van der Waals surface area contributed by atoms with E-state index in [4.69, 9.17) is 0 Å². The summed E-state index contributed by atoms with van der Waals surface area (Å²) in [5, 5.41) is 18.8. The van der Waals surface area contributed by atoms with Crippen LogP contribution in [0.4, 0.5) is 0 Å². The molecule has 0 radical (unpaired) electrons. The molecule has 1 unspecified atom stereocenters. The normalized spacial score (nSPS) is 36.7. The Morgan fingerprint density at radius 3 is 2.81 bits per heavy atom. The van der Waals surface area contributed by atoms with Gasteiger partial charge in [0, 0.05) is 27.6 Å². The Morgan fingerprint density at radius 1 is 1.57 bits per heavy atom. The molecule has 3 heterocycles. The fourth-order valence-corrected chi connectivity index (χ4v) is 7.97. The fraction of sp³-hybridized carbons (Fsp3) is 0.667. The number of amides is 1. The van der Waals surface area contributed by atoms with Crippen molar-refractivity contribution >= 4 is 46.2 Å². The zero-order valence-corrected chi connectivity index (χ0v) is 13.7. The van der Waals surface area contributed by atoms with Crippen molar-refractivity contribution in [1.29, 1.82) is 0 Å². The van der Waals surface area contributed by atoms with Gasteiger partial charge in [-0.1, -0.05) is 11.8 Å². The number of aliphatic hydroxyl groups excluding tert-OH is 1. The minimum absolute atomic E-state index is 0.0228. The van der Waals surface area contributed by atoms with E-state index < -0.39 is 28.8 Å². The molecule has 0 aliphatic carbocycles. The number of thioether (sulfide) groups is 2. The summed E-state index contributed by atoms with van der Waals surface area (Å²) in [7, 11) is -0.819. The Kier molecular flexibility index (Phi) is 4.10. The molecule has 3 rings (SSSR count). The molecule has 3 aliphatic rings. The molecule has 2 fully saturated rings. The quantitative estimate of drug-likeness (QED) is 0.710. The molecular weight excluding hydrogens is 334 g/mol. The molecule has 0 aromatic heterocycles. The van der Waals surface area contributed by atoms with Crippen LogP contribution in [0.15, 0.2) is 9.93 Å². The monoisotopic (exact) mass is 349 g/mol. The van der Waals surface area contributed by atoms with Crippen LogP contribution >= 0.6 is 23.5 Å². The molecule has 116 valence electrons. The first-order chi connectivity index (χ1) is 9.90. The molecule has 0 aromatic rings. The Hall–Kier alpha value is -0.510. The second-order valence-corrected chi connectivity index (χ2v) is 9.58. The maximum atomic E-state index is 12.0. The summed E-state index contributed by atoms with van der Waals surface area (Å²) >= 11 is 2.74. The van der Waals surface area contributed by atoms with E-state index >= 15 is 0 Å². The van der Waals surface area contributed by atoms with Gasteiger partial charge < -0.3 is 10.2 Å². The second kappa shape index (κ2) is 5.60. The van der Waals surface area contributed by atoms with Crippen LogP contribution in [0.3, 0.4) is 0 Å². The summed E-state index contributed by atoms with van der Waals surface area (Å²) in [5.74, 6) is -0.768. The number of β-lactam (4-membered cyclic amide) rings is 1. The maximum absolute atomic E-state index is 12.0. The van der Waals surface area contributed by atoms with Crippen LogP contribution in [0, 0.1) is 5.92 Å². The largest absolute Gasteiger partial charge is 0.477 e. The zero-order chi connectivity index (χ0) is 15.3. The van der Waals surface area contributed by atoms with Gasteiger partial charge in [0.2, 0.25) is 5.91 Å². The molecule has 1 amide bonds. The van der Waals surface area contributed by atoms with E-state index in [0.29, 0.717) is 15.7 Å². The van der Waals surface area contributed by atoms with Crippen molar-refractivity contribution in [3.8, 4) is 0 Å². The lowest BCUT2D eigenvalue weighted by Crippen LogP contribution is -2.60. The van der Waals surface area contributed by atoms with Gasteiger partial charge in [-0.25, -0.2) is 4.79 Å². The average molecular weight is 349 g/mol. The van der Waals surface area contributed by atoms with Crippen molar-refractivity contribution in [2.75, 3.05) is 11.5 Å². The fourth-order valence-electron chi connectivity index (χ4n) is 2.71. The molecule has 2 N–H and O–H groups in total. The first-order valence-electron chi connectivity index (χ1n) is 6.57. The lowest BCUT2D eigenvalue weighted by atomic mass is 9.92. The number of carbonyl (C=O) groups is 2. The maximum Gasteiger partial charge on any atom is 0.354 e. The molecule has 6 nitrogen and oxygen atoms in total. The van der Waals surface area contributed by atoms with Gasteiger partial charge in [0.05, 0.1) is 16.3 Å². The molecule has 9 heteroatoms. The first kappa shape index (κ1) is 15.4. The van der Waals surface area contributed by atoms with Gasteiger partial charge in [0.1, 0.15) is 5.37 Å². The number of hydrogen-bond acceptors (Lipinski definition) is 6. The number of hydrogen-bond donors (Lipinski definition) is 2. The van der Waals surface area contributed by atoms with Crippen molar-refractivity contribution in [3.63, 3.8) is 0 Å². The van der Waals surface area contributed by atoms with Crippen LogP contribution in [0.5, 0.6) is 0 Å². The van der Waals surface area contributed by atoms with Gasteiger partial charge >= 0.3 is 5.97 Å². The third kappa shape index (κ3) is 2.54. The highest BCUT2D eigenvalue weighted by Gasteiger charge is 2.58. The molecule has 5 atom stereocenters. The summed E-state index contributed by atoms with van der Waals surface area (Å²) in [6, 6.07) is 0. The van der Waals surface area contributed by atoms with Crippen molar-refractivity contribution in [2.45, 2.75) is 30.1 Å². The van der Waals surface area contributed by atoms with E-state index in [1.54, 1.807) is 6.92 Å². The summed E-state index contributed by atoms with van der Waals surface area (Å²) in [5.41, 5.74) is 0.0228. The van der Waals surface area contributed by atoms with Gasteiger partial charge in [-0.05, 0) is 13.3 Å². The van der Waals surface area contributed by atoms with E-state index in [0.717, 1.165) is 6.42 Å². The van der Waals surface area contributed by atoms with Crippen LogP contribution < -0.4 is 0 Å². The summed E-state index contributed by atoms with van der Waals surface area (Å²) < 4.78 is 12.0. The molecule has 0 spiro atoms. The van der Waals surface area contributed by atoms with Crippen molar-refractivity contribution < 1.29 is 24.0 Å². The third-order valence-corrected chi connectivity index (χ3v) is 8.33. The number of rotatable bonds is 4. The number of aliphatic hydroxyl groups is 1. The Labute approximate surface area is 132 Å². The number of aliphatic carboxylic acids is 1. The van der Waals surface area contributed by atoms with Crippen molar-refractivity contribution in [3.05, 3.63) is 9.93 Å². The Balaban J connectivity index is 1.81. The van der Waals surface area contributed by atoms with Crippen molar-refractivity contribution in [1.82, 2.24) is 4.90 Å². The lowest BCUT2D eigenvalue weighted by molar-refractivity contribution is -0.156. The zero-order valence-electron chi connectivity index (χ0n) is 11.2. The van der Waals surface area contributed by atoms with Gasteiger partial charge in [-0.2, -0.15) is 0 Å². The highest BCUT2D eigenvalue weighted by Crippen LogP contribution is 2.55. The number of nitrogens with zero attached hydrogens (tertiary/aromatic N) is 1. The number of fused-ring (bicyclic) bond motifs is 1. The van der Waals surface area contributed by atoms with E-state index in [1.807, 2.05) is 0 Å². The van der Waals surface area contributed by atoms with E-state index in [1.165, 1.54) is 28.4 Å². The van der Waals surface area contributed by atoms with Crippen molar-refractivity contribution in [2.24, 2.45) is 5.92 Å². The average Bonchev–Trinajstić information content (AvgIpc) is 2.91. The summed E-state index contributed by atoms with van der Waals surface area (Å²) in [4.78, 5) is 24.8. The molecule has 0 bridgehead atoms. The second-order valence-electron chi connectivity index (χ2n) is 5.26. The van der Waals surface area contributed by atoms with Gasteiger partial charge in [0.15, 0.2) is 5.70 Å². The van der Waals surface area contributed by atoms with Gasteiger partial charge in [-0.15, -0.1) is 11.8 Å². The first-order valence-corrected chi connectivity index (χ1v) is 9.82. The molecule has 3 aliphatic heterocycles. The topological polar surface area (TPSA) is 94.9 Å². The summed E-state index contributed by atoms with van der Waals surface area (Å²) in [6.07, 6.45) is 0.0109. The van der Waals surface area contributed by atoms with Crippen LogP contribution in [0.25, 0.3) is 0 Å². The molecule has 2 saturated heterocycles. The predicted octanol–water partition coefficient (Wildman–Crippen LogP) is 0.406. The Morgan fingerprint density at radius 2 is 2.29 bits per heavy atom. The minimum Gasteiger partial charge on any atom is -0.477 e. The molecular formula is C12H15NO5S3. The van der Waals surface area contributed by atoms with E-state index in [-0.39, 0.29) is 22.2 Å². The van der Waals surface area contributed by atoms with Crippen LogP contribution in [0.1, 0.15) is 13.3 Å². The SMILES string of the molecule is C[C@@H](O)[C@@H]1C(=O)N2C(C(=O)O)=C(S[C@H]3CCS(=O)C3)S[C@H]12. The summed E-state index contributed by atoms with van der Waals surface area (Å²) in [6.45, 7) is 1.55.